The number of primary amides is 1. The third-order valence-corrected chi connectivity index (χ3v) is 3.91. The second-order valence-corrected chi connectivity index (χ2v) is 5.71. The molecule has 0 bridgehead atoms. The third kappa shape index (κ3) is 3.23. The summed E-state index contributed by atoms with van der Waals surface area (Å²) in [5, 5.41) is 8.08. The summed E-state index contributed by atoms with van der Waals surface area (Å²) in [5.41, 5.74) is 14.0. The number of benzene rings is 2. The van der Waals surface area contributed by atoms with Gasteiger partial charge in [0.25, 0.3) is 5.89 Å². The van der Waals surface area contributed by atoms with Crippen molar-refractivity contribution in [2.24, 2.45) is 5.73 Å². The summed E-state index contributed by atoms with van der Waals surface area (Å²) in [6, 6.07) is 16.1. The summed E-state index contributed by atoms with van der Waals surface area (Å²) in [6.07, 6.45) is 1.53. The quantitative estimate of drug-likeness (QED) is 0.564. The van der Waals surface area contributed by atoms with E-state index in [4.69, 9.17) is 15.9 Å². The van der Waals surface area contributed by atoms with Crippen molar-refractivity contribution in [1.29, 1.82) is 0 Å². The van der Waals surface area contributed by atoms with E-state index in [1.807, 2.05) is 30.3 Å². The Morgan fingerprint density at radius 3 is 2.33 bits per heavy atom. The standard InChI is InChI=1S/C19H14N6O2.4H2/c20-16-15(19-25-24-18(27-19)13-4-2-1-3-5-13)23-14(10-22-16)11-6-8-12(9-7-11)17(21)26;;;;/h1-10H,(H2,20,22)(H2,21,26);4*1H. The molecular weight excluding hydrogens is 344 g/mol. The average molecular weight is 366 g/mol. The van der Waals surface area contributed by atoms with E-state index >= 15 is 0 Å². The van der Waals surface area contributed by atoms with Gasteiger partial charge >= 0.3 is 0 Å². The van der Waals surface area contributed by atoms with Crippen molar-refractivity contribution in [3.8, 4) is 34.3 Å². The van der Waals surface area contributed by atoms with Gasteiger partial charge in [-0.15, -0.1) is 10.2 Å². The van der Waals surface area contributed by atoms with E-state index in [1.54, 1.807) is 24.3 Å². The molecule has 0 atom stereocenters. The van der Waals surface area contributed by atoms with Crippen LogP contribution < -0.4 is 11.5 Å². The highest BCUT2D eigenvalue weighted by Gasteiger charge is 2.16. The molecule has 0 saturated carbocycles. The van der Waals surface area contributed by atoms with Gasteiger partial charge in [-0.2, -0.15) is 0 Å². The zero-order valence-corrected chi connectivity index (χ0v) is 14.0. The zero-order valence-electron chi connectivity index (χ0n) is 14.0. The maximum absolute atomic E-state index is 11.2. The topological polar surface area (TPSA) is 134 Å². The van der Waals surface area contributed by atoms with E-state index in [9.17, 15) is 4.79 Å². The summed E-state index contributed by atoms with van der Waals surface area (Å²) in [6.45, 7) is 0. The normalized spacial score (nSPS) is 10.7. The number of carbonyl (C=O) groups is 1. The zero-order chi connectivity index (χ0) is 18.8. The number of nitrogens with zero attached hydrogens (tertiary/aromatic N) is 4. The lowest BCUT2D eigenvalue weighted by Gasteiger charge is -2.05. The van der Waals surface area contributed by atoms with E-state index < -0.39 is 5.91 Å². The number of nitrogen functional groups attached to an aromatic ring is 1. The number of amides is 1. The lowest BCUT2D eigenvalue weighted by atomic mass is 10.1. The molecule has 0 spiro atoms. The van der Waals surface area contributed by atoms with Crippen molar-refractivity contribution in [2.75, 3.05) is 5.73 Å². The molecule has 1 amide bonds. The van der Waals surface area contributed by atoms with Crippen molar-refractivity contribution in [3.05, 3.63) is 66.4 Å². The van der Waals surface area contributed by atoms with Crippen LogP contribution >= 0.6 is 0 Å². The Kier molecular flexibility index (Phi) is 4.06. The minimum atomic E-state index is -0.495. The SMILES string of the molecule is NC(=O)c1ccc(-c2cnc(N)c(-c3nnc(-c4ccccc4)o3)n2)cc1.[HH].[HH].[HH].[HH]. The molecule has 0 aliphatic rings. The molecule has 4 aromatic rings. The van der Waals surface area contributed by atoms with Crippen LogP contribution in [-0.4, -0.2) is 26.1 Å². The van der Waals surface area contributed by atoms with E-state index in [0.29, 0.717) is 22.8 Å². The number of anilines is 1. The first-order valence-electron chi connectivity index (χ1n) is 8.04. The van der Waals surface area contributed by atoms with Gasteiger partial charge in [-0.1, -0.05) is 30.3 Å². The van der Waals surface area contributed by atoms with Gasteiger partial charge in [-0.3, -0.25) is 4.79 Å². The molecular formula is C19H22N6O2. The van der Waals surface area contributed by atoms with Crippen molar-refractivity contribution >= 4 is 11.7 Å². The minimum absolute atomic E-state index is 0. The molecule has 8 heteroatoms. The van der Waals surface area contributed by atoms with Gasteiger partial charge in [0.1, 0.15) is 0 Å². The Balaban J connectivity index is 0.00000225. The second kappa shape index (κ2) is 6.68. The Morgan fingerprint density at radius 1 is 0.926 bits per heavy atom. The van der Waals surface area contributed by atoms with Crippen LogP contribution in [0.5, 0.6) is 0 Å². The summed E-state index contributed by atoms with van der Waals surface area (Å²) < 4.78 is 5.71. The van der Waals surface area contributed by atoms with E-state index in [-0.39, 0.29) is 17.4 Å². The summed E-state index contributed by atoms with van der Waals surface area (Å²) >= 11 is 0. The maximum Gasteiger partial charge on any atom is 0.270 e. The van der Waals surface area contributed by atoms with E-state index in [2.05, 4.69) is 20.2 Å². The molecule has 0 aliphatic carbocycles. The van der Waals surface area contributed by atoms with Crippen molar-refractivity contribution in [3.63, 3.8) is 0 Å². The molecule has 0 aliphatic heterocycles. The lowest BCUT2D eigenvalue weighted by Crippen LogP contribution is -2.10. The van der Waals surface area contributed by atoms with Crippen LogP contribution in [0.25, 0.3) is 34.3 Å². The largest absolute Gasteiger partial charge is 0.414 e. The molecule has 4 N–H and O–H groups in total. The van der Waals surface area contributed by atoms with Crippen molar-refractivity contribution in [2.45, 2.75) is 0 Å². The van der Waals surface area contributed by atoms with Gasteiger partial charge in [0.05, 0.1) is 11.9 Å². The average Bonchev–Trinajstić information content (AvgIpc) is 3.19. The molecule has 0 unspecified atom stereocenters. The first-order chi connectivity index (χ1) is 13.1. The fraction of sp³-hybridized carbons (Fsp3) is 0. The molecule has 140 valence electrons. The maximum atomic E-state index is 11.2. The number of rotatable bonds is 4. The smallest absolute Gasteiger partial charge is 0.270 e. The van der Waals surface area contributed by atoms with Crippen molar-refractivity contribution < 1.29 is 14.9 Å². The first kappa shape index (κ1) is 16.4. The number of hydrogen-bond donors (Lipinski definition) is 2. The summed E-state index contributed by atoms with van der Waals surface area (Å²) in [5.74, 6) is 0.221. The summed E-state index contributed by atoms with van der Waals surface area (Å²) in [7, 11) is 0. The van der Waals surface area contributed by atoms with Gasteiger partial charge in [0.15, 0.2) is 11.5 Å². The third-order valence-electron chi connectivity index (χ3n) is 3.91. The molecule has 0 radical (unpaired) electrons. The Hall–Kier alpha value is -4.07. The molecule has 8 nitrogen and oxygen atoms in total. The van der Waals surface area contributed by atoms with E-state index in [0.717, 1.165) is 11.1 Å². The molecule has 2 aromatic heterocycles. The molecule has 2 heterocycles. The van der Waals surface area contributed by atoms with Crippen LogP contribution in [0.1, 0.15) is 16.1 Å². The highest BCUT2D eigenvalue weighted by molar-refractivity contribution is 5.93. The fourth-order valence-corrected chi connectivity index (χ4v) is 2.52. The van der Waals surface area contributed by atoms with Crippen LogP contribution in [0.15, 0.2) is 65.2 Å². The number of hydrogen-bond acceptors (Lipinski definition) is 7. The minimum Gasteiger partial charge on any atom is -0.414 e. The molecule has 0 fully saturated rings. The van der Waals surface area contributed by atoms with Crippen LogP contribution in [-0.2, 0) is 0 Å². The van der Waals surface area contributed by atoms with E-state index in [1.165, 1.54) is 6.20 Å². The highest BCUT2D eigenvalue weighted by atomic mass is 16.4. The van der Waals surface area contributed by atoms with Gasteiger partial charge in [-0.05, 0) is 24.3 Å². The molecule has 4 rings (SSSR count). The number of carbonyl (C=O) groups excluding carboxylic acids is 1. The summed E-state index contributed by atoms with van der Waals surface area (Å²) in [4.78, 5) is 19.9. The second-order valence-electron chi connectivity index (χ2n) is 5.71. The van der Waals surface area contributed by atoms with Crippen LogP contribution in [0.3, 0.4) is 0 Å². The highest BCUT2D eigenvalue weighted by Crippen LogP contribution is 2.27. The van der Waals surface area contributed by atoms with Gasteiger partial charge in [-0.25, -0.2) is 9.97 Å². The lowest BCUT2D eigenvalue weighted by molar-refractivity contribution is 0.100. The van der Waals surface area contributed by atoms with Gasteiger partial charge < -0.3 is 15.9 Å². The van der Waals surface area contributed by atoms with Crippen LogP contribution in [0.2, 0.25) is 0 Å². The molecule has 2 aromatic carbocycles. The van der Waals surface area contributed by atoms with Gasteiger partial charge in [0, 0.05) is 22.4 Å². The molecule has 27 heavy (non-hydrogen) atoms. The van der Waals surface area contributed by atoms with Crippen molar-refractivity contribution in [1.82, 2.24) is 20.2 Å². The number of nitrogens with two attached hydrogens (primary N) is 2. The predicted octanol–water partition coefficient (Wildman–Crippen LogP) is 3.53. The Bertz CT molecular complexity index is 1120. The van der Waals surface area contributed by atoms with Crippen LogP contribution in [0, 0.1) is 0 Å². The fourth-order valence-electron chi connectivity index (χ4n) is 2.52. The Morgan fingerprint density at radius 2 is 1.63 bits per heavy atom. The van der Waals surface area contributed by atoms with Crippen LogP contribution in [0.4, 0.5) is 5.82 Å². The Labute approximate surface area is 159 Å². The first-order valence-corrected chi connectivity index (χ1v) is 8.04. The molecule has 0 saturated heterocycles. The number of aromatic nitrogens is 4. The predicted molar refractivity (Wildman–Crippen MR) is 108 cm³/mol. The monoisotopic (exact) mass is 366 g/mol. The van der Waals surface area contributed by atoms with Gasteiger partial charge in [0.2, 0.25) is 11.8 Å².